The molecule has 1 fully saturated rings. The first kappa shape index (κ1) is 17.9. The Kier molecular flexibility index (Phi) is 6.15. The average Bonchev–Trinajstić information content (AvgIpc) is 2.80. The maximum atomic E-state index is 12.5. The van der Waals surface area contributed by atoms with Gasteiger partial charge in [-0.15, -0.1) is 12.4 Å². The van der Waals surface area contributed by atoms with Crippen LogP contribution in [-0.2, 0) is 11.3 Å². The Bertz CT molecular complexity index is 757. The first-order valence-corrected chi connectivity index (χ1v) is 8.07. The van der Waals surface area contributed by atoms with E-state index in [0.717, 1.165) is 30.5 Å². The Labute approximate surface area is 148 Å². The highest BCUT2D eigenvalue weighted by Gasteiger charge is 2.16. The number of rotatable bonds is 2. The van der Waals surface area contributed by atoms with Gasteiger partial charge in [0.25, 0.3) is 5.56 Å². The van der Waals surface area contributed by atoms with E-state index in [2.05, 4.69) is 26.2 Å². The van der Waals surface area contributed by atoms with Gasteiger partial charge in [0.2, 0.25) is 5.91 Å². The fourth-order valence-corrected chi connectivity index (χ4v) is 2.95. The van der Waals surface area contributed by atoms with E-state index in [-0.39, 0.29) is 30.4 Å². The molecule has 1 aromatic heterocycles. The van der Waals surface area contributed by atoms with Crippen molar-refractivity contribution in [2.24, 2.45) is 0 Å². The lowest BCUT2D eigenvalue weighted by Gasteiger charge is -2.20. The van der Waals surface area contributed by atoms with Crippen LogP contribution in [-0.4, -0.2) is 46.5 Å². The number of benzene rings is 1. The molecule has 1 aromatic carbocycles. The van der Waals surface area contributed by atoms with Crippen molar-refractivity contribution in [3.8, 4) is 0 Å². The molecule has 0 spiro atoms. The van der Waals surface area contributed by atoms with E-state index in [4.69, 9.17) is 0 Å². The minimum absolute atomic E-state index is 0. The van der Waals surface area contributed by atoms with Gasteiger partial charge < -0.3 is 10.2 Å². The van der Waals surface area contributed by atoms with Crippen LogP contribution in [0.3, 0.4) is 0 Å². The SMILES string of the molecule is Cl.O=C(Cn1cnc2ccc(Br)cc2c1=O)N1CCCNCC1. The Morgan fingerprint density at radius 3 is 2.96 bits per heavy atom. The zero-order valence-electron chi connectivity index (χ0n) is 12.5. The Balaban J connectivity index is 0.00000192. The molecule has 1 amide bonds. The van der Waals surface area contributed by atoms with Crippen LogP contribution in [0.5, 0.6) is 0 Å². The van der Waals surface area contributed by atoms with E-state index in [1.807, 2.05) is 6.07 Å². The quantitative estimate of drug-likeness (QED) is 0.826. The highest BCUT2D eigenvalue weighted by atomic mass is 79.9. The first-order chi connectivity index (χ1) is 10.6. The molecule has 2 heterocycles. The predicted molar refractivity (Wildman–Crippen MR) is 95.0 cm³/mol. The third kappa shape index (κ3) is 4.10. The van der Waals surface area contributed by atoms with Gasteiger partial charge in [-0.1, -0.05) is 15.9 Å². The molecule has 1 aliphatic heterocycles. The summed E-state index contributed by atoms with van der Waals surface area (Å²) in [4.78, 5) is 30.9. The van der Waals surface area contributed by atoms with Crippen molar-refractivity contribution in [1.29, 1.82) is 0 Å². The molecule has 23 heavy (non-hydrogen) atoms. The number of amides is 1. The van der Waals surface area contributed by atoms with E-state index >= 15 is 0 Å². The largest absolute Gasteiger partial charge is 0.340 e. The third-order valence-electron chi connectivity index (χ3n) is 3.78. The van der Waals surface area contributed by atoms with Crippen LogP contribution in [0, 0.1) is 0 Å². The van der Waals surface area contributed by atoms with Crippen molar-refractivity contribution in [3.05, 3.63) is 39.4 Å². The van der Waals surface area contributed by atoms with Crippen LogP contribution in [0.2, 0.25) is 0 Å². The molecular weight excluding hydrogens is 384 g/mol. The average molecular weight is 402 g/mol. The number of nitrogens with one attached hydrogen (secondary N) is 1. The molecule has 0 radical (unpaired) electrons. The number of hydrogen-bond acceptors (Lipinski definition) is 4. The van der Waals surface area contributed by atoms with Gasteiger partial charge >= 0.3 is 0 Å². The fraction of sp³-hybridized carbons (Fsp3) is 0.400. The highest BCUT2D eigenvalue weighted by molar-refractivity contribution is 9.10. The molecule has 8 heteroatoms. The fourth-order valence-electron chi connectivity index (χ4n) is 2.58. The summed E-state index contributed by atoms with van der Waals surface area (Å²) in [5.41, 5.74) is 0.448. The van der Waals surface area contributed by atoms with Gasteiger partial charge in [-0.3, -0.25) is 14.2 Å². The smallest absolute Gasteiger partial charge is 0.261 e. The summed E-state index contributed by atoms with van der Waals surface area (Å²) >= 11 is 3.36. The number of fused-ring (bicyclic) bond motifs is 1. The normalized spacial score (nSPS) is 15.1. The lowest BCUT2D eigenvalue weighted by molar-refractivity contribution is -0.131. The van der Waals surface area contributed by atoms with Crippen molar-refractivity contribution in [2.45, 2.75) is 13.0 Å². The van der Waals surface area contributed by atoms with Crippen molar-refractivity contribution >= 4 is 45.1 Å². The summed E-state index contributed by atoms with van der Waals surface area (Å²) in [5.74, 6) is -0.0399. The monoisotopic (exact) mass is 400 g/mol. The van der Waals surface area contributed by atoms with Crippen LogP contribution < -0.4 is 10.9 Å². The Hall–Kier alpha value is -1.44. The van der Waals surface area contributed by atoms with Crippen molar-refractivity contribution in [3.63, 3.8) is 0 Å². The minimum Gasteiger partial charge on any atom is -0.340 e. The van der Waals surface area contributed by atoms with Gasteiger partial charge in [-0.05, 0) is 31.2 Å². The van der Waals surface area contributed by atoms with Crippen LogP contribution in [0.4, 0.5) is 0 Å². The van der Waals surface area contributed by atoms with Crippen molar-refractivity contribution in [1.82, 2.24) is 19.8 Å². The Morgan fingerprint density at radius 2 is 2.13 bits per heavy atom. The summed E-state index contributed by atoms with van der Waals surface area (Å²) < 4.78 is 2.21. The molecule has 1 saturated heterocycles. The summed E-state index contributed by atoms with van der Waals surface area (Å²) in [5, 5.41) is 3.77. The molecule has 1 aliphatic rings. The molecule has 0 unspecified atom stereocenters. The van der Waals surface area contributed by atoms with Gasteiger partial charge in [0.15, 0.2) is 0 Å². The van der Waals surface area contributed by atoms with Gasteiger partial charge in [-0.2, -0.15) is 0 Å². The Morgan fingerprint density at radius 1 is 1.30 bits per heavy atom. The highest BCUT2D eigenvalue weighted by Crippen LogP contribution is 2.14. The molecule has 6 nitrogen and oxygen atoms in total. The maximum Gasteiger partial charge on any atom is 0.261 e. The van der Waals surface area contributed by atoms with Gasteiger partial charge in [0.1, 0.15) is 6.54 Å². The molecule has 124 valence electrons. The predicted octanol–water partition coefficient (Wildman–Crippen LogP) is 1.40. The molecule has 0 bridgehead atoms. The standard InChI is InChI=1S/C15H17BrN4O2.ClH/c16-11-2-3-13-12(8-11)15(22)20(10-18-13)9-14(21)19-6-1-4-17-5-7-19;/h2-3,8,10,17H,1,4-7,9H2;1H. The molecule has 0 aliphatic carbocycles. The maximum absolute atomic E-state index is 12.5. The van der Waals surface area contributed by atoms with E-state index in [1.165, 1.54) is 10.9 Å². The number of halogens is 2. The third-order valence-corrected chi connectivity index (χ3v) is 4.28. The summed E-state index contributed by atoms with van der Waals surface area (Å²) in [6.07, 6.45) is 2.39. The second-order valence-electron chi connectivity index (χ2n) is 5.32. The number of nitrogens with zero attached hydrogens (tertiary/aromatic N) is 3. The summed E-state index contributed by atoms with van der Waals surface area (Å²) in [6.45, 7) is 3.17. The van der Waals surface area contributed by atoms with Crippen LogP contribution in [0.1, 0.15) is 6.42 Å². The topological polar surface area (TPSA) is 67.2 Å². The zero-order chi connectivity index (χ0) is 15.5. The lowest BCUT2D eigenvalue weighted by atomic mass is 10.2. The molecule has 0 atom stereocenters. The van der Waals surface area contributed by atoms with Crippen LogP contribution in [0.15, 0.2) is 33.8 Å². The number of hydrogen-bond donors (Lipinski definition) is 1. The second-order valence-corrected chi connectivity index (χ2v) is 6.24. The molecule has 0 saturated carbocycles. The van der Waals surface area contributed by atoms with E-state index in [0.29, 0.717) is 17.4 Å². The van der Waals surface area contributed by atoms with Crippen molar-refractivity contribution in [2.75, 3.05) is 26.2 Å². The van der Waals surface area contributed by atoms with Crippen molar-refractivity contribution < 1.29 is 4.79 Å². The van der Waals surface area contributed by atoms with Gasteiger partial charge in [-0.25, -0.2) is 4.98 Å². The zero-order valence-corrected chi connectivity index (χ0v) is 14.9. The second kappa shape index (κ2) is 7.90. The number of carbonyl (C=O) groups excluding carboxylic acids is 1. The van der Waals surface area contributed by atoms with E-state index in [1.54, 1.807) is 17.0 Å². The van der Waals surface area contributed by atoms with Crippen LogP contribution >= 0.6 is 28.3 Å². The molecular formula is C15H18BrClN4O2. The van der Waals surface area contributed by atoms with E-state index in [9.17, 15) is 9.59 Å². The minimum atomic E-state index is -0.187. The number of carbonyl (C=O) groups is 1. The van der Waals surface area contributed by atoms with E-state index < -0.39 is 0 Å². The van der Waals surface area contributed by atoms with Crippen LogP contribution in [0.25, 0.3) is 10.9 Å². The summed E-state index contributed by atoms with van der Waals surface area (Å²) in [6, 6.07) is 5.36. The lowest BCUT2D eigenvalue weighted by Crippen LogP contribution is -2.38. The molecule has 1 N–H and O–H groups in total. The summed E-state index contributed by atoms with van der Waals surface area (Å²) in [7, 11) is 0. The van der Waals surface area contributed by atoms with Gasteiger partial charge in [0, 0.05) is 24.1 Å². The molecule has 3 rings (SSSR count). The number of aromatic nitrogens is 2. The molecule has 2 aromatic rings. The van der Waals surface area contributed by atoms with Gasteiger partial charge in [0.05, 0.1) is 17.2 Å². The first-order valence-electron chi connectivity index (χ1n) is 7.28.